The zero-order valence-corrected chi connectivity index (χ0v) is 11.4. The van der Waals surface area contributed by atoms with E-state index in [0.29, 0.717) is 0 Å². The Morgan fingerprint density at radius 1 is 1.06 bits per heavy atom. The fraction of sp³-hybridized carbons (Fsp3) is 0.333. The summed E-state index contributed by atoms with van der Waals surface area (Å²) in [5.74, 6) is 0. The van der Waals surface area contributed by atoms with Crippen LogP contribution in [-0.4, -0.2) is 6.61 Å². The van der Waals surface area contributed by atoms with Gasteiger partial charge in [0.2, 0.25) is 0 Å². The Labute approximate surface area is 115 Å². The van der Waals surface area contributed by atoms with Crippen LogP contribution in [-0.2, 0) is 28.4 Å². The van der Waals surface area contributed by atoms with Gasteiger partial charge in [-0.3, -0.25) is 0 Å². The smallest absolute Gasteiger partial charge is 0.389 e. The molecule has 0 saturated heterocycles. The number of rotatable bonds is 5. The van der Waals surface area contributed by atoms with Gasteiger partial charge in [-0.2, -0.15) is 30.3 Å². The molecule has 0 aliphatic heterocycles. The molecular weight excluding hydrogens is 252 g/mol. The molecule has 0 saturated carbocycles. The largest absolute Gasteiger partial charge is 2.00 e. The minimum atomic E-state index is 0. The average Bonchev–Trinajstić information content (AvgIpc) is 2.99. The van der Waals surface area contributed by atoms with Gasteiger partial charge in [-0.15, -0.1) is 5.56 Å². The predicted molar refractivity (Wildman–Crippen MR) is 68.6 cm³/mol. The molecule has 2 heteroatoms. The van der Waals surface area contributed by atoms with Gasteiger partial charge in [0.15, 0.2) is 0 Å². The van der Waals surface area contributed by atoms with Gasteiger partial charge in [-0.1, -0.05) is 13.3 Å². The van der Waals surface area contributed by atoms with Crippen molar-refractivity contribution in [2.45, 2.75) is 26.4 Å². The fourth-order valence-electron chi connectivity index (χ4n) is 1.27. The van der Waals surface area contributed by atoms with E-state index in [0.717, 1.165) is 13.2 Å². The molecule has 2 aromatic rings. The van der Waals surface area contributed by atoms with Gasteiger partial charge < -0.3 is 4.74 Å². The summed E-state index contributed by atoms with van der Waals surface area (Å²) in [4.78, 5) is 0. The van der Waals surface area contributed by atoms with Crippen LogP contribution in [0, 0.1) is 0 Å². The van der Waals surface area contributed by atoms with Crippen molar-refractivity contribution in [3.63, 3.8) is 0 Å². The van der Waals surface area contributed by atoms with Gasteiger partial charge in [0.25, 0.3) is 0 Å². The molecule has 0 radical (unpaired) electrons. The summed E-state index contributed by atoms with van der Waals surface area (Å²) in [7, 11) is 0. The van der Waals surface area contributed by atoms with Crippen LogP contribution in [0.2, 0.25) is 0 Å². The van der Waals surface area contributed by atoms with Gasteiger partial charge in [0, 0.05) is 13.2 Å². The molecule has 0 unspecified atom stereocenters. The number of hydrogen-bond acceptors (Lipinski definition) is 1. The van der Waals surface area contributed by atoms with Gasteiger partial charge in [-0.25, -0.2) is 24.3 Å². The SMILES string of the molecule is CCCCOC[c-]1cccc1.[Fe+2].c1cc[cH-]c1. The zero-order valence-electron chi connectivity index (χ0n) is 10.3. The fourth-order valence-corrected chi connectivity index (χ4v) is 1.27. The summed E-state index contributed by atoms with van der Waals surface area (Å²) in [6.07, 6.45) is 2.38. The van der Waals surface area contributed by atoms with Crippen molar-refractivity contribution in [3.8, 4) is 0 Å². The Kier molecular flexibility index (Phi) is 11.1. The molecular formula is C15H20FeO. The van der Waals surface area contributed by atoms with Gasteiger partial charge >= 0.3 is 17.1 Å². The molecule has 0 amide bonds. The van der Waals surface area contributed by atoms with Crippen LogP contribution in [0.5, 0.6) is 0 Å². The van der Waals surface area contributed by atoms with Crippen molar-refractivity contribution < 1.29 is 21.8 Å². The minimum Gasteiger partial charge on any atom is -0.389 e. The summed E-state index contributed by atoms with van der Waals surface area (Å²) in [5, 5.41) is 0. The van der Waals surface area contributed by atoms with Crippen LogP contribution in [0.1, 0.15) is 25.3 Å². The molecule has 0 bridgehead atoms. The summed E-state index contributed by atoms with van der Waals surface area (Å²) in [6.45, 7) is 3.83. The van der Waals surface area contributed by atoms with Crippen LogP contribution >= 0.6 is 0 Å². The second-order valence-corrected chi connectivity index (χ2v) is 3.66. The summed E-state index contributed by atoms with van der Waals surface area (Å²) in [6, 6.07) is 18.3. The Morgan fingerprint density at radius 2 is 1.71 bits per heavy atom. The van der Waals surface area contributed by atoms with Crippen LogP contribution in [0.4, 0.5) is 0 Å². The Hall–Kier alpha value is -0.821. The van der Waals surface area contributed by atoms with E-state index in [1.54, 1.807) is 0 Å². The third-order valence-electron chi connectivity index (χ3n) is 2.20. The molecule has 17 heavy (non-hydrogen) atoms. The van der Waals surface area contributed by atoms with Crippen LogP contribution in [0.25, 0.3) is 0 Å². The van der Waals surface area contributed by atoms with E-state index in [9.17, 15) is 0 Å². The molecule has 0 heterocycles. The number of ether oxygens (including phenoxy) is 1. The maximum atomic E-state index is 5.42. The molecule has 0 aromatic heterocycles. The molecule has 0 aliphatic rings. The standard InChI is InChI=1S/C10H15O.C5H5.Fe/c1-2-3-8-11-9-10-6-4-5-7-10;1-2-4-5-3-1;/h4-7H,2-3,8-9H2,1H3;1-5H;/q2*-1;+2. The van der Waals surface area contributed by atoms with Crippen molar-refractivity contribution >= 4 is 0 Å². The van der Waals surface area contributed by atoms with E-state index in [1.165, 1.54) is 18.4 Å². The van der Waals surface area contributed by atoms with Crippen molar-refractivity contribution in [1.29, 1.82) is 0 Å². The first-order valence-corrected chi connectivity index (χ1v) is 5.88. The molecule has 94 valence electrons. The summed E-state index contributed by atoms with van der Waals surface area (Å²) in [5.41, 5.74) is 1.28. The van der Waals surface area contributed by atoms with Gasteiger partial charge in [-0.05, 0) is 6.42 Å². The maximum absolute atomic E-state index is 5.42. The minimum absolute atomic E-state index is 0. The second kappa shape index (κ2) is 11.7. The van der Waals surface area contributed by atoms with E-state index in [4.69, 9.17) is 4.74 Å². The third kappa shape index (κ3) is 8.93. The second-order valence-electron chi connectivity index (χ2n) is 3.66. The van der Waals surface area contributed by atoms with Crippen molar-refractivity contribution in [1.82, 2.24) is 0 Å². The van der Waals surface area contributed by atoms with E-state index in [2.05, 4.69) is 19.1 Å². The zero-order chi connectivity index (χ0) is 11.5. The predicted octanol–water partition coefficient (Wildman–Crippen LogP) is 4.13. The summed E-state index contributed by atoms with van der Waals surface area (Å²) < 4.78 is 5.42. The molecule has 0 N–H and O–H groups in total. The third-order valence-corrected chi connectivity index (χ3v) is 2.20. The van der Waals surface area contributed by atoms with E-state index < -0.39 is 0 Å². The van der Waals surface area contributed by atoms with E-state index in [1.807, 2.05) is 42.5 Å². The van der Waals surface area contributed by atoms with Crippen LogP contribution < -0.4 is 0 Å². The van der Waals surface area contributed by atoms with Gasteiger partial charge in [0.1, 0.15) is 0 Å². The van der Waals surface area contributed by atoms with Crippen molar-refractivity contribution in [2.24, 2.45) is 0 Å². The monoisotopic (exact) mass is 272 g/mol. The Balaban J connectivity index is 0.000000360. The van der Waals surface area contributed by atoms with Crippen LogP contribution in [0.15, 0.2) is 54.6 Å². The summed E-state index contributed by atoms with van der Waals surface area (Å²) >= 11 is 0. The number of hydrogen-bond donors (Lipinski definition) is 0. The van der Waals surface area contributed by atoms with Gasteiger partial charge in [0.05, 0.1) is 0 Å². The Morgan fingerprint density at radius 3 is 2.18 bits per heavy atom. The molecule has 0 fully saturated rings. The molecule has 2 rings (SSSR count). The topological polar surface area (TPSA) is 9.23 Å². The van der Waals surface area contributed by atoms with Crippen molar-refractivity contribution in [2.75, 3.05) is 6.61 Å². The quantitative estimate of drug-likeness (QED) is 0.452. The maximum Gasteiger partial charge on any atom is 2.00 e. The molecule has 2 aromatic carbocycles. The first-order chi connectivity index (χ1) is 7.93. The molecule has 0 atom stereocenters. The molecule has 1 nitrogen and oxygen atoms in total. The van der Waals surface area contributed by atoms with Crippen LogP contribution in [0.3, 0.4) is 0 Å². The molecule has 0 aliphatic carbocycles. The van der Waals surface area contributed by atoms with Crippen molar-refractivity contribution in [3.05, 3.63) is 60.2 Å². The Bertz CT molecular complexity index is 293. The normalized spacial score (nSPS) is 9.00. The molecule has 0 spiro atoms. The number of unbranched alkanes of at least 4 members (excludes halogenated alkanes) is 1. The first-order valence-electron chi connectivity index (χ1n) is 5.88. The first kappa shape index (κ1) is 16.2. The van der Waals surface area contributed by atoms with E-state index in [-0.39, 0.29) is 17.1 Å². The van der Waals surface area contributed by atoms with E-state index >= 15 is 0 Å². The average molecular weight is 272 g/mol.